The van der Waals surface area contributed by atoms with Crippen molar-refractivity contribution in [2.24, 2.45) is 0 Å². The maximum absolute atomic E-state index is 11.6. The summed E-state index contributed by atoms with van der Waals surface area (Å²) in [5.74, 6) is 0. The zero-order valence-electron chi connectivity index (χ0n) is 7.56. The lowest BCUT2D eigenvalue weighted by Crippen LogP contribution is -1.94. The summed E-state index contributed by atoms with van der Waals surface area (Å²) in [6.07, 6.45) is 1.07. The van der Waals surface area contributed by atoms with E-state index in [0.29, 0.717) is 12.8 Å². The van der Waals surface area contributed by atoms with Crippen molar-refractivity contribution in [3.8, 4) is 0 Å². The second-order valence-corrected chi connectivity index (χ2v) is 5.99. The molecule has 0 aromatic heterocycles. The largest absolute Gasteiger partial charge is 0.335 e. The van der Waals surface area contributed by atoms with Crippen molar-refractivity contribution >= 4 is 25.3 Å². The Morgan fingerprint density at radius 2 is 2.15 bits per heavy atom. The molecule has 13 heavy (non-hydrogen) atoms. The van der Waals surface area contributed by atoms with Gasteiger partial charge in [0.25, 0.3) is 0 Å². The third kappa shape index (κ3) is 6.68. The first-order valence-electron chi connectivity index (χ1n) is 3.84. The van der Waals surface area contributed by atoms with E-state index in [-0.39, 0.29) is 0 Å². The molecule has 78 valence electrons. The van der Waals surface area contributed by atoms with E-state index in [1.165, 1.54) is 0 Å². The van der Waals surface area contributed by atoms with Gasteiger partial charge in [-0.05, 0) is 6.42 Å². The lowest BCUT2D eigenvalue weighted by atomic mass is 10.5. The Balaban J connectivity index is 3.81. The molecule has 0 spiro atoms. The fourth-order valence-corrected chi connectivity index (χ4v) is 2.88. The lowest BCUT2D eigenvalue weighted by Gasteiger charge is -2.14. The van der Waals surface area contributed by atoms with Gasteiger partial charge in [-0.2, -0.15) is 0 Å². The fraction of sp³-hybridized carbons (Fsp3) is 1.00. The van der Waals surface area contributed by atoms with E-state index in [9.17, 15) is 9.13 Å². The van der Waals surface area contributed by atoms with Crippen LogP contribution in [0, 0.1) is 0 Å². The summed E-state index contributed by atoms with van der Waals surface area (Å²) in [5.41, 5.74) is 0. The predicted molar refractivity (Wildman–Crippen MR) is 52.5 cm³/mol. The predicted octanol–water partition coefficient (Wildman–Crippen LogP) is 3.37. The standard InChI is InChI=1S/C5H13O5P3/c1-3-5-8-13(7,4-2)10-12-9-11-6/h12H,3-5H2,1-2H3. The molecular weight excluding hydrogens is 233 g/mol. The summed E-state index contributed by atoms with van der Waals surface area (Å²) in [7, 11) is -3.99. The first-order chi connectivity index (χ1) is 6.18. The number of rotatable bonds is 8. The van der Waals surface area contributed by atoms with Crippen LogP contribution in [0.1, 0.15) is 20.3 Å². The second-order valence-electron chi connectivity index (χ2n) is 2.10. The maximum atomic E-state index is 11.6. The van der Waals surface area contributed by atoms with Crippen LogP contribution < -0.4 is 0 Å². The first kappa shape index (κ1) is 13.6. The van der Waals surface area contributed by atoms with E-state index in [4.69, 9.17) is 8.83 Å². The Morgan fingerprint density at radius 3 is 2.62 bits per heavy atom. The zero-order chi connectivity index (χ0) is 10.2. The summed E-state index contributed by atoms with van der Waals surface area (Å²) in [6.45, 7) is 4.01. The molecule has 0 aromatic rings. The fourth-order valence-electron chi connectivity index (χ4n) is 0.501. The van der Waals surface area contributed by atoms with Crippen LogP contribution in [0.15, 0.2) is 0 Å². The molecule has 0 saturated carbocycles. The van der Waals surface area contributed by atoms with Gasteiger partial charge >= 0.3 is 16.3 Å². The molecule has 0 aliphatic heterocycles. The Labute approximate surface area is 81.3 Å². The maximum Gasteiger partial charge on any atom is 0.335 e. The van der Waals surface area contributed by atoms with Gasteiger partial charge in [0.05, 0.1) is 6.61 Å². The van der Waals surface area contributed by atoms with Gasteiger partial charge in [-0.15, -0.1) is 0 Å². The monoisotopic (exact) mass is 246 g/mol. The molecular formula is C5H13O5P3. The Hall–Kier alpha value is 0.640. The highest BCUT2D eigenvalue weighted by Gasteiger charge is 2.21. The molecule has 0 aliphatic rings. The third-order valence-electron chi connectivity index (χ3n) is 1.13. The molecule has 0 fully saturated rings. The number of hydrogen-bond acceptors (Lipinski definition) is 5. The Kier molecular flexibility index (Phi) is 8.38. The van der Waals surface area contributed by atoms with Gasteiger partial charge in [-0.25, -0.2) is 8.88 Å². The Morgan fingerprint density at radius 1 is 1.46 bits per heavy atom. The Bertz CT molecular complexity index is 185. The molecule has 0 heterocycles. The third-order valence-corrected chi connectivity index (χ3v) is 4.49. The first-order valence-corrected chi connectivity index (χ1v) is 7.11. The van der Waals surface area contributed by atoms with Crippen molar-refractivity contribution in [3.63, 3.8) is 0 Å². The van der Waals surface area contributed by atoms with Crippen molar-refractivity contribution in [1.82, 2.24) is 0 Å². The van der Waals surface area contributed by atoms with Crippen LogP contribution in [0.2, 0.25) is 0 Å². The molecule has 2 atom stereocenters. The van der Waals surface area contributed by atoms with E-state index >= 15 is 0 Å². The van der Waals surface area contributed by atoms with Crippen molar-refractivity contribution in [2.45, 2.75) is 20.3 Å². The van der Waals surface area contributed by atoms with Crippen LogP contribution in [0.25, 0.3) is 0 Å². The minimum absolute atomic E-state index is 0.291. The molecule has 5 nitrogen and oxygen atoms in total. The molecule has 2 unspecified atom stereocenters. The molecule has 0 amide bonds. The van der Waals surface area contributed by atoms with E-state index in [1.54, 1.807) is 6.92 Å². The quantitative estimate of drug-likeness (QED) is 0.485. The molecule has 0 bridgehead atoms. The van der Waals surface area contributed by atoms with E-state index in [2.05, 4.69) is 4.31 Å². The van der Waals surface area contributed by atoms with Crippen molar-refractivity contribution in [3.05, 3.63) is 0 Å². The zero-order valence-corrected chi connectivity index (χ0v) is 10.3. The van der Waals surface area contributed by atoms with Crippen LogP contribution in [0.5, 0.6) is 0 Å². The summed E-state index contributed by atoms with van der Waals surface area (Å²) < 4.78 is 35.7. The molecule has 0 saturated heterocycles. The van der Waals surface area contributed by atoms with Crippen LogP contribution in [-0.2, 0) is 22.3 Å². The van der Waals surface area contributed by atoms with Crippen molar-refractivity contribution in [1.29, 1.82) is 0 Å². The van der Waals surface area contributed by atoms with Gasteiger partial charge in [-0.3, -0.25) is 8.88 Å². The molecule has 0 aromatic carbocycles. The average Bonchev–Trinajstić information content (AvgIpc) is 2.15. The van der Waals surface area contributed by atoms with Crippen LogP contribution >= 0.6 is 25.3 Å². The van der Waals surface area contributed by atoms with E-state index in [1.807, 2.05) is 6.92 Å². The highest BCUT2D eigenvalue weighted by molar-refractivity contribution is 7.60. The average molecular weight is 246 g/mol. The highest BCUT2D eigenvalue weighted by atomic mass is 31.2. The van der Waals surface area contributed by atoms with Gasteiger partial charge in [0.2, 0.25) is 0 Å². The normalized spacial score (nSPS) is 16.8. The van der Waals surface area contributed by atoms with Gasteiger partial charge in [0.15, 0.2) is 9.03 Å². The van der Waals surface area contributed by atoms with Gasteiger partial charge in [-0.1, -0.05) is 13.8 Å². The molecule has 0 radical (unpaired) electrons. The van der Waals surface area contributed by atoms with Crippen LogP contribution in [0.4, 0.5) is 0 Å². The minimum atomic E-state index is -3.00. The minimum Gasteiger partial charge on any atom is -0.308 e. The van der Waals surface area contributed by atoms with Crippen LogP contribution in [0.3, 0.4) is 0 Å². The van der Waals surface area contributed by atoms with Gasteiger partial charge in [0, 0.05) is 6.16 Å². The second kappa shape index (κ2) is 7.99. The molecule has 0 aliphatic carbocycles. The highest BCUT2D eigenvalue weighted by Crippen LogP contribution is 2.53. The summed E-state index contributed by atoms with van der Waals surface area (Å²) in [6, 6.07) is 0. The van der Waals surface area contributed by atoms with Crippen molar-refractivity contribution < 1.29 is 22.3 Å². The topological polar surface area (TPSA) is 61.8 Å². The summed E-state index contributed by atoms with van der Waals surface area (Å²) in [5, 5.41) is 0. The summed E-state index contributed by atoms with van der Waals surface area (Å²) >= 11 is 0. The van der Waals surface area contributed by atoms with Crippen LogP contribution in [-0.4, -0.2) is 12.8 Å². The van der Waals surface area contributed by atoms with Crippen molar-refractivity contribution in [2.75, 3.05) is 12.8 Å². The van der Waals surface area contributed by atoms with Gasteiger partial charge < -0.3 is 4.52 Å². The SMILES string of the molecule is CCCOP(=O)(CC)OPOP=O. The smallest absolute Gasteiger partial charge is 0.308 e. The van der Waals surface area contributed by atoms with E-state index < -0.39 is 25.3 Å². The van der Waals surface area contributed by atoms with E-state index in [0.717, 1.165) is 6.42 Å². The molecule has 0 N–H and O–H groups in total. The number of hydrogen-bond donors (Lipinski definition) is 0. The van der Waals surface area contributed by atoms with Gasteiger partial charge in [0.1, 0.15) is 0 Å². The molecule has 8 heteroatoms. The molecule has 0 rings (SSSR count). The lowest BCUT2D eigenvalue weighted by molar-refractivity contribution is 0.269. The summed E-state index contributed by atoms with van der Waals surface area (Å²) in [4.78, 5) is 0.